The lowest BCUT2D eigenvalue weighted by Gasteiger charge is -2.36. The molecule has 5 heteroatoms. The number of imidazole rings is 1. The van der Waals surface area contributed by atoms with Gasteiger partial charge in [-0.3, -0.25) is 4.79 Å². The summed E-state index contributed by atoms with van der Waals surface area (Å²) < 4.78 is 0. The number of nitrogens with zero attached hydrogens (tertiary/aromatic N) is 2. The summed E-state index contributed by atoms with van der Waals surface area (Å²) in [4.78, 5) is 22.2. The number of nitrogens with one attached hydrogen (secondary N) is 1. The molecule has 0 unspecified atom stereocenters. The van der Waals surface area contributed by atoms with E-state index in [1.807, 2.05) is 30.0 Å². The smallest absolute Gasteiger partial charge is 0.274 e. The molecule has 2 aliphatic heterocycles. The molecule has 2 fully saturated rings. The van der Waals surface area contributed by atoms with E-state index in [4.69, 9.17) is 0 Å². The van der Waals surface area contributed by atoms with Crippen LogP contribution in [0.1, 0.15) is 41.0 Å². The fraction of sp³-hybridized carbons (Fsp3) is 0.474. The second-order valence-electron chi connectivity index (χ2n) is 7.22. The number of fused-ring (bicyclic) bond motifs is 2. The van der Waals surface area contributed by atoms with Crippen molar-refractivity contribution in [3.8, 4) is 0 Å². The zero-order chi connectivity index (χ0) is 16.7. The van der Waals surface area contributed by atoms with Crippen LogP contribution in [0, 0.1) is 12.3 Å². The van der Waals surface area contributed by atoms with Crippen LogP contribution in [-0.4, -0.2) is 44.6 Å². The summed E-state index contributed by atoms with van der Waals surface area (Å²) in [6.45, 7) is 1.99. The summed E-state index contributed by atoms with van der Waals surface area (Å²) >= 11 is 0. The Morgan fingerprint density at radius 1 is 1.38 bits per heavy atom. The molecule has 24 heavy (non-hydrogen) atoms. The summed E-state index contributed by atoms with van der Waals surface area (Å²) in [6.07, 6.45) is 5.25. The molecule has 1 aromatic heterocycles. The number of aliphatic hydroxyl groups excluding tert-OH is 1. The van der Waals surface area contributed by atoms with Crippen molar-refractivity contribution in [3.63, 3.8) is 0 Å². The Labute approximate surface area is 141 Å². The van der Waals surface area contributed by atoms with Gasteiger partial charge in [0.1, 0.15) is 5.69 Å². The van der Waals surface area contributed by atoms with Crippen LogP contribution in [-0.2, 0) is 6.42 Å². The Morgan fingerprint density at radius 2 is 2.17 bits per heavy atom. The van der Waals surface area contributed by atoms with E-state index in [-0.39, 0.29) is 30.0 Å². The van der Waals surface area contributed by atoms with Crippen LogP contribution in [0.5, 0.6) is 0 Å². The number of aryl methyl sites for hydroxylation is 1. The van der Waals surface area contributed by atoms with Gasteiger partial charge in [-0.05, 0) is 38.2 Å². The van der Waals surface area contributed by atoms with E-state index >= 15 is 0 Å². The number of H-pyrrole nitrogens is 1. The highest BCUT2D eigenvalue weighted by atomic mass is 16.3. The van der Waals surface area contributed by atoms with E-state index in [0.717, 1.165) is 31.4 Å². The molecule has 5 nitrogen and oxygen atoms in total. The number of amides is 1. The van der Waals surface area contributed by atoms with Crippen molar-refractivity contribution >= 4 is 5.91 Å². The zero-order valence-corrected chi connectivity index (χ0v) is 13.9. The van der Waals surface area contributed by atoms with Gasteiger partial charge in [-0.15, -0.1) is 0 Å². The molecule has 2 aliphatic rings. The minimum Gasteiger partial charge on any atom is -0.396 e. The van der Waals surface area contributed by atoms with Gasteiger partial charge in [0.05, 0.1) is 12.9 Å². The van der Waals surface area contributed by atoms with Gasteiger partial charge in [-0.1, -0.05) is 30.3 Å². The first-order valence-corrected chi connectivity index (χ1v) is 8.62. The van der Waals surface area contributed by atoms with Crippen molar-refractivity contribution in [2.24, 2.45) is 5.41 Å². The quantitative estimate of drug-likeness (QED) is 0.906. The van der Waals surface area contributed by atoms with Gasteiger partial charge in [-0.2, -0.15) is 0 Å². The molecular weight excluding hydrogens is 302 g/mol. The minimum atomic E-state index is -0.232. The molecule has 3 atom stereocenters. The normalized spacial score (nSPS) is 28.5. The summed E-state index contributed by atoms with van der Waals surface area (Å²) in [5, 5.41) is 10.2. The number of carbonyl (C=O) groups excluding carboxylic acids is 1. The Bertz CT molecular complexity index is 742. The van der Waals surface area contributed by atoms with Crippen LogP contribution in [0.2, 0.25) is 0 Å². The Kier molecular flexibility index (Phi) is 3.68. The second kappa shape index (κ2) is 5.74. The summed E-state index contributed by atoms with van der Waals surface area (Å²) in [5.41, 5.74) is 2.32. The van der Waals surface area contributed by atoms with Gasteiger partial charge < -0.3 is 15.0 Å². The van der Waals surface area contributed by atoms with E-state index in [9.17, 15) is 9.90 Å². The molecule has 1 amide bonds. The number of aromatic amines is 1. The van der Waals surface area contributed by atoms with Gasteiger partial charge >= 0.3 is 0 Å². The molecule has 2 aromatic rings. The first-order valence-electron chi connectivity index (χ1n) is 8.62. The van der Waals surface area contributed by atoms with Crippen LogP contribution in [0.3, 0.4) is 0 Å². The highest BCUT2D eigenvalue weighted by Gasteiger charge is 2.57. The van der Waals surface area contributed by atoms with E-state index in [1.165, 1.54) is 5.56 Å². The Balaban J connectivity index is 1.63. The number of carbonyl (C=O) groups is 1. The van der Waals surface area contributed by atoms with Gasteiger partial charge in [0.2, 0.25) is 0 Å². The number of aliphatic hydroxyl groups is 1. The maximum Gasteiger partial charge on any atom is 0.274 e. The molecule has 126 valence electrons. The van der Waals surface area contributed by atoms with Crippen LogP contribution < -0.4 is 0 Å². The SMILES string of the molecule is Cc1[nH]cnc1C(=O)N1[C@H]2CC[C@@H]1[C@@](CO)(Cc1ccccc1)C2. The van der Waals surface area contributed by atoms with E-state index in [2.05, 4.69) is 22.1 Å². The summed E-state index contributed by atoms with van der Waals surface area (Å²) in [6, 6.07) is 10.6. The maximum absolute atomic E-state index is 13.0. The van der Waals surface area contributed by atoms with Gasteiger partial charge in [-0.25, -0.2) is 4.98 Å². The molecule has 2 N–H and O–H groups in total. The zero-order valence-electron chi connectivity index (χ0n) is 13.9. The van der Waals surface area contributed by atoms with Crippen molar-refractivity contribution < 1.29 is 9.90 Å². The highest BCUT2D eigenvalue weighted by Crippen LogP contribution is 2.51. The summed E-state index contributed by atoms with van der Waals surface area (Å²) in [5.74, 6) is 0.00429. The van der Waals surface area contributed by atoms with Crippen molar-refractivity contribution in [2.75, 3.05) is 6.61 Å². The molecular formula is C19H23N3O2. The number of hydrogen-bond donors (Lipinski definition) is 2. The molecule has 0 aliphatic carbocycles. The van der Waals surface area contributed by atoms with Crippen LogP contribution in [0.15, 0.2) is 36.7 Å². The number of aromatic nitrogens is 2. The number of hydrogen-bond acceptors (Lipinski definition) is 3. The number of benzene rings is 1. The van der Waals surface area contributed by atoms with Crippen LogP contribution >= 0.6 is 0 Å². The van der Waals surface area contributed by atoms with Gasteiger partial charge in [0, 0.05) is 23.2 Å². The second-order valence-corrected chi connectivity index (χ2v) is 7.22. The van der Waals surface area contributed by atoms with E-state index in [1.54, 1.807) is 6.33 Å². The topological polar surface area (TPSA) is 69.2 Å². The van der Waals surface area contributed by atoms with Crippen LogP contribution in [0.4, 0.5) is 0 Å². The predicted molar refractivity (Wildman–Crippen MR) is 90.6 cm³/mol. The van der Waals surface area contributed by atoms with Gasteiger partial charge in [0.15, 0.2) is 0 Å². The number of rotatable bonds is 4. The first kappa shape index (κ1) is 15.4. The summed E-state index contributed by atoms with van der Waals surface area (Å²) in [7, 11) is 0. The molecule has 4 rings (SSSR count). The third-order valence-electron chi connectivity index (χ3n) is 5.83. The molecule has 3 heterocycles. The average molecular weight is 325 g/mol. The Morgan fingerprint density at radius 3 is 2.83 bits per heavy atom. The highest BCUT2D eigenvalue weighted by molar-refractivity contribution is 5.94. The molecule has 2 saturated heterocycles. The molecule has 2 bridgehead atoms. The largest absolute Gasteiger partial charge is 0.396 e. The monoisotopic (exact) mass is 325 g/mol. The molecule has 0 spiro atoms. The van der Waals surface area contributed by atoms with Crippen molar-refractivity contribution in [2.45, 2.75) is 44.7 Å². The lowest BCUT2D eigenvalue weighted by Crippen LogP contribution is -2.44. The fourth-order valence-corrected chi connectivity index (χ4v) is 4.71. The lowest BCUT2D eigenvalue weighted by atomic mass is 9.70. The lowest BCUT2D eigenvalue weighted by molar-refractivity contribution is 0.0566. The molecule has 0 saturated carbocycles. The van der Waals surface area contributed by atoms with Crippen molar-refractivity contribution in [3.05, 3.63) is 53.6 Å². The van der Waals surface area contributed by atoms with Gasteiger partial charge in [0.25, 0.3) is 5.91 Å². The van der Waals surface area contributed by atoms with Crippen LogP contribution in [0.25, 0.3) is 0 Å². The third kappa shape index (κ3) is 2.26. The average Bonchev–Trinajstić information content (AvgIpc) is 3.28. The van der Waals surface area contributed by atoms with E-state index in [0.29, 0.717) is 5.69 Å². The van der Waals surface area contributed by atoms with Crippen molar-refractivity contribution in [1.82, 2.24) is 14.9 Å². The molecule has 1 aromatic carbocycles. The fourth-order valence-electron chi connectivity index (χ4n) is 4.71. The predicted octanol–water partition coefficient (Wildman–Crippen LogP) is 2.32. The minimum absolute atomic E-state index is 0.00429. The Hall–Kier alpha value is -2.14. The maximum atomic E-state index is 13.0. The molecule has 0 radical (unpaired) electrons. The standard InChI is InChI=1S/C19H23N3O2/c1-13-17(21-12-20-13)18(24)22-15-7-8-16(22)19(10-15,11-23)9-14-5-3-2-4-6-14/h2-6,12,15-16,23H,7-11H2,1H3,(H,20,21)/t15-,16+,19-/m0/s1. The third-order valence-corrected chi connectivity index (χ3v) is 5.83. The first-order chi connectivity index (χ1) is 11.6. The van der Waals surface area contributed by atoms with Crippen molar-refractivity contribution in [1.29, 1.82) is 0 Å². The van der Waals surface area contributed by atoms with E-state index < -0.39 is 0 Å².